The number of rotatable bonds is 2. The Morgan fingerprint density at radius 3 is 2.65 bits per heavy atom. The fourth-order valence-electron chi connectivity index (χ4n) is 2.19. The molecule has 0 radical (unpaired) electrons. The third-order valence-corrected chi connectivity index (χ3v) is 3.24. The lowest BCUT2D eigenvalue weighted by Gasteiger charge is -2.06. The Morgan fingerprint density at radius 2 is 1.88 bits per heavy atom. The van der Waals surface area contributed by atoms with E-state index in [1.807, 2.05) is 12.2 Å². The second-order valence-corrected chi connectivity index (χ2v) is 4.58. The van der Waals surface area contributed by atoms with Crippen LogP contribution in [0.25, 0.3) is 6.08 Å². The van der Waals surface area contributed by atoms with Gasteiger partial charge < -0.3 is 0 Å². The van der Waals surface area contributed by atoms with Gasteiger partial charge in [0.1, 0.15) is 11.6 Å². The van der Waals surface area contributed by atoms with E-state index in [-0.39, 0.29) is 11.7 Å². The molecule has 0 heterocycles. The number of halogens is 1. The number of benzene rings is 1. The van der Waals surface area contributed by atoms with E-state index in [0.717, 1.165) is 31.2 Å². The van der Waals surface area contributed by atoms with E-state index in [1.165, 1.54) is 12.1 Å². The van der Waals surface area contributed by atoms with Gasteiger partial charge in [0.05, 0.1) is 0 Å². The van der Waals surface area contributed by atoms with Crippen molar-refractivity contribution in [3.63, 3.8) is 0 Å². The van der Waals surface area contributed by atoms with Gasteiger partial charge in [-0.15, -0.1) is 0 Å². The van der Waals surface area contributed by atoms with Crippen LogP contribution in [0.15, 0.2) is 30.3 Å². The highest BCUT2D eigenvalue weighted by atomic mass is 19.1. The third kappa shape index (κ3) is 3.52. The van der Waals surface area contributed by atoms with Crippen LogP contribution in [0.5, 0.6) is 0 Å². The molecule has 1 nitrogen and oxygen atoms in total. The molecule has 90 valence electrons. The standard InChI is InChI=1S/C15H17FO/c16-14-10-7-12(8-11-14)6-9-13-4-2-1-3-5-15(13)17/h6-11,13H,1-5H2/b9-6+. The van der Waals surface area contributed by atoms with Gasteiger partial charge in [0.25, 0.3) is 0 Å². The van der Waals surface area contributed by atoms with Crippen molar-refractivity contribution < 1.29 is 9.18 Å². The monoisotopic (exact) mass is 232 g/mol. The van der Waals surface area contributed by atoms with E-state index in [0.29, 0.717) is 12.2 Å². The maximum Gasteiger partial charge on any atom is 0.139 e. The highest BCUT2D eigenvalue weighted by molar-refractivity contribution is 5.83. The molecule has 1 unspecified atom stereocenters. The summed E-state index contributed by atoms with van der Waals surface area (Å²) in [6.45, 7) is 0. The van der Waals surface area contributed by atoms with Crippen molar-refractivity contribution in [2.24, 2.45) is 5.92 Å². The fraction of sp³-hybridized carbons (Fsp3) is 0.400. The van der Waals surface area contributed by atoms with Gasteiger partial charge in [0.15, 0.2) is 0 Å². The fourth-order valence-corrected chi connectivity index (χ4v) is 2.19. The molecule has 0 N–H and O–H groups in total. The van der Waals surface area contributed by atoms with Gasteiger partial charge in [0, 0.05) is 12.3 Å². The van der Waals surface area contributed by atoms with E-state index >= 15 is 0 Å². The van der Waals surface area contributed by atoms with E-state index in [9.17, 15) is 9.18 Å². The van der Waals surface area contributed by atoms with E-state index < -0.39 is 0 Å². The van der Waals surface area contributed by atoms with E-state index in [4.69, 9.17) is 0 Å². The number of hydrogen-bond donors (Lipinski definition) is 0. The first kappa shape index (κ1) is 12.0. The molecule has 1 aromatic rings. The largest absolute Gasteiger partial charge is 0.299 e. The zero-order chi connectivity index (χ0) is 12.1. The number of hydrogen-bond acceptors (Lipinski definition) is 1. The van der Waals surface area contributed by atoms with Crippen LogP contribution in [-0.2, 0) is 4.79 Å². The average molecular weight is 232 g/mol. The van der Waals surface area contributed by atoms with E-state index in [1.54, 1.807) is 12.1 Å². The second-order valence-electron chi connectivity index (χ2n) is 4.58. The van der Waals surface area contributed by atoms with Crippen LogP contribution >= 0.6 is 0 Å². The summed E-state index contributed by atoms with van der Waals surface area (Å²) in [5.74, 6) is 0.177. The minimum atomic E-state index is -0.229. The van der Waals surface area contributed by atoms with Gasteiger partial charge in [-0.25, -0.2) is 4.39 Å². The molecule has 17 heavy (non-hydrogen) atoms. The minimum absolute atomic E-state index is 0.0579. The zero-order valence-electron chi connectivity index (χ0n) is 9.86. The lowest BCUT2D eigenvalue weighted by Crippen LogP contribution is -2.09. The van der Waals surface area contributed by atoms with Gasteiger partial charge in [-0.1, -0.05) is 37.1 Å². The maximum absolute atomic E-state index is 12.7. The summed E-state index contributed by atoms with van der Waals surface area (Å²) in [7, 11) is 0. The highest BCUT2D eigenvalue weighted by Gasteiger charge is 2.17. The first-order valence-electron chi connectivity index (χ1n) is 6.22. The van der Waals surface area contributed by atoms with Crippen molar-refractivity contribution in [1.82, 2.24) is 0 Å². The highest BCUT2D eigenvalue weighted by Crippen LogP contribution is 2.21. The average Bonchev–Trinajstić information content (AvgIpc) is 2.54. The Morgan fingerprint density at radius 1 is 1.12 bits per heavy atom. The van der Waals surface area contributed by atoms with Crippen LogP contribution in [0.1, 0.15) is 37.7 Å². The third-order valence-electron chi connectivity index (χ3n) is 3.24. The summed E-state index contributed by atoms with van der Waals surface area (Å²) >= 11 is 0. The van der Waals surface area contributed by atoms with Crippen molar-refractivity contribution in [2.75, 3.05) is 0 Å². The number of Topliss-reactive ketones (excluding diaryl/α,β-unsaturated/α-hetero) is 1. The molecular weight excluding hydrogens is 215 g/mol. The Labute approximate surface area is 101 Å². The van der Waals surface area contributed by atoms with E-state index in [2.05, 4.69) is 0 Å². The summed E-state index contributed by atoms with van der Waals surface area (Å²) in [6.07, 6.45) is 8.87. The van der Waals surface area contributed by atoms with Gasteiger partial charge in [-0.3, -0.25) is 4.79 Å². The van der Waals surface area contributed by atoms with Crippen LogP contribution in [0.3, 0.4) is 0 Å². The lowest BCUT2D eigenvalue weighted by atomic mass is 9.97. The molecule has 2 rings (SSSR count). The summed E-state index contributed by atoms with van der Waals surface area (Å²) < 4.78 is 12.7. The summed E-state index contributed by atoms with van der Waals surface area (Å²) in [6, 6.07) is 6.34. The predicted molar refractivity (Wildman–Crippen MR) is 67.0 cm³/mol. The topological polar surface area (TPSA) is 17.1 Å². The molecule has 1 fully saturated rings. The summed E-state index contributed by atoms with van der Waals surface area (Å²) in [5.41, 5.74) is 0.948. The predicted octanol–water partition coefficient (Wildman–Crippen LogP) is 3.99. The molecule has 1 atom stereocenters. The van der Waals surface area contributed by atoms with Crippen LogP contribution < -0.4 is 0 Å². The minimum Gasteiger partial charge on any atom is -0.299 e. The first-order valence-corrected chi connectivity index (χ1v) is 6.22. The number of allylic oxidation sites excluding steroid dienone is 1. The normalized spacial score (nSPS) is 21.7. The molecule has 0 aliphatic heterocycles. The molecule has 1 aromatic carbocycles. The van der Waals surface area contributed by atoms with Crippen molar-refractivity contribution in [1.29, 1.82) is 0 Å². The molecule has 1 aliphatic carbocycles. The zero-order valence-corrected chi connectivity index (χ0v) is 9.86. The second kappa shape index (κ2) is 5.76. The van der Waals surface area contributed by atoms with Crippen molar-refractivity contribution in [2.45, 2.75) is 32.1 Å². The number of carbonyl (C=O) groups excluding carboxylic acids is 1. The molecule has 1 saturated carbocycles. The molecular formula is C15H17FO. The van der Waals surface area contributed by atoms with Gasteiger partial charge >= 0.3 is 0 Å². The van der Waals surface area contributed by atoms with Crippen LogP contribution in [-0.4, -0.2) is 5.78 Å². The molecule has 2 heteroatoms. The Bertz CT molecular complexity index is 405. The van der Waals surface area contributed by atoms with Crippen LogP contribution in [0, 0.1) is 11.7 Å². The quantitative estimate of drug-likeness (QED) is 0.705. The van der Waals surface area contributed by atoms with Crippen LogP contribution in [0.2, 0.25) is 0 Å². The van der Waals surface area contributed by atoms with Crippen molar-refractivity contribution in [3.8, 4) is 0 Å². The smallest absolute Gasteiger partial charge is 0.139 e. The van der Waals surface area contributed by atoms with Crippen molar-refractivity contribution >= 4 is 11.9 Å². The maximum atomic E-state index is 12.7. The first-order chi connectivity index (χ1) is 8.25. The Kier molecular flexibility index (Phi) is 4.08. The molecule has 0 spiro atoms. The number of ketones is 1. The van der Waals surface area contributed by atoms with Gasteiger partial charge in [-0.05, 0) is 30.5 Å². The molecule has 0 aromatic heterocycles. The summed E-state index contributed by atoms with van der Waals surface area (Å²) in [5, 5.41) is 0. The van der Waals surface area contributed by atoms with Gasteiger partial charge in [-0.2, -0.15) is 0 Å². The van der Waals surface area contributed by atoms with Gasteiger partial charge in [0.2, 0.25) is 0 Å². The molecule has 0 bridgehead atoms. The summed E-state index contributed by atoms with van der Waals surface area (Å²) in [4.78, 5) is 11.8. The Hall–Kier alpha value is -1.44. The Balaban J connectivity index is 2.03. The molecule has 1 aliphatic rings. The van der Waals surface area contributed by atoms with Crippen LogP contribution in [0.4, 0.5) is 4.39 Å². The lowest BCUT2D eigenvalue weighted by molar-refractivity contribution is -0.121. The SMILES string of the molecule is O=C1CCCCCC1/C=C/c1ccc(F)cc1. The number of carbonyl (C=O) groups is 1. The molecule has 0 saturated heterocycles. The van der Waals surface area contributed by atoms with Crippen molar-refractivity contribution in [3.05, 3.63) is 41.7 Å². The molecule has 0 amide bonds.